The number of ether oxygens (including phenoxy) is 3. The van der Waals surface area contributed by atoms with Gasteiger partial charge in [0.1, 0.15) is 13.2 Å². The van der Waals surface area contributed by atoms with Crippen molar-refractivity contribution >= 4 is 17.9 Å². The number of hydrogen-bond acceptors (Lipinski definition) is 6. The molecule has 0 aliphatic rings. The molecule has 7 nitrogen and oxygen atoms in total. The predicted octanol–water partition coefficient (Wildman–Crippen LogP) is 14.0. The fourth-order valence-corrected chi connectivity index (χ4v) is 6.18. The Bertz CT molecular complexity index is 744. The van der Waals surface area contributed by atoms with Gasteiger partial charge in [0, 0.05) is 19.3 Å². The number of hydrogen-bond donors (Lipinski definition) is 1. The summed E-state index contributed by atoms with van der Waals surface area (Å²) in [5, 5.41) is 8.51. The van der Waals surface area contributed by atoms with E-state index in [0.717, 1.165) is 38.5 Å². The molecule has 0 amide bonds. The van der Waals surface area contributed by atoms with Crippen LogP contribution in [-0.2, 0) is 28.6 Å². The van der Waals surface area contributed by atoms with Crippen molar-refractivity contribution in [1.82, 2.24) is 0 Å². The average molecular weight is 753 g/mol. The zero-order valence-electron chi connectivity index (χ0n) is 35.4. The standard InChI is InChI=1S/C28H54O5.C18H34O2/c1-3-5-7-9-11-13-15-17-19-21-27(29)32-25-23-31-24-26-33-28(30)22-20-18-16-14-12-10-8-6-4-2;1-2-3-4-5-6-7-8-9-10-11-12-13-14-15-16-17-18(19)20/h3-26H2,1-2H3;9-10H,2-8,11-17H2,1H3,(H,19,20)/b;10-9-. The first kappa shape index (κ1) is 53.2. The van der Waals surface area contributed by atoms with Gasteiger partial charge in [0.25, 0.3) is 0 Å². The Morgan fingerprint density at radius 1 is 0.377 bits per heavy atom. The molecule has 0 atom stereocenters. The number of aliphatic carboxylic acids is 1. The molecule has 7 heteroatoms. The summed E-state index contributed by atoms with van der Waals surface area (Å²) < 4.78 is 15.7. The number of carbonyl (C=O) groups excluding carboxylic acids is 2. The van der Waals surface area contributed by atoms with Gasteiger partial charge in [0.05, 0.1) is 13.2 Å². The molecule has 0 aromatic rings. The van der Waals surface area contributed by atoms with Gasteiger partial charge in [-0.25, -0.2) is 0 Å². The monoisotopic (exact) mass is 753 g/mol. The van der Waals surface area contributed by atoms with Gasteiger partial charge in [0.15, 0.2) is 0 Å². The van der Waals surface area contributed by atoms with Crippen molar-refractivity contribution in [3.05, 3.63) is 12.2 Å². The molecule has 0 aromatic carbocycles. The second-order valence-corrected chi connectivity index (χ2v) is 14.9. The zero-order valence-corrected chi connectivity index (χ0v) is 35.4. The quantitative estimate of drug-likeness (QED) is 0.0377. The summed E-state index contributed by atoms with van der Waals surface area (Å²) in [5.74, 6) is -0.953. The molecule has 1 N–H and O–H groups in total. The average Bonchev–Trinajstić information content (AvgIpc) is 3.14. The Kier molecular flexibility index (Phi) is 48.3. The molecule has 0 fully saturated rings. The second kappa shape index (κ2) is 48.1. The molecule has 0 bridgehead atoms. The van der Waals surface area contributed by atoms with E-state index in [1.807, 2.05) is 0 Å². The lowest BCUT2D eigenvalue weighted by atomic mass is 10.1. The van der Waals surface area contributed by atoms with Crippen LogP contribution in [0.15, 0.2) is 12.2 Å². The number of esters is 2. The summed E-state index contributed by atoms with van der Waals surface area (Å²) in [7, 11) is 0. The van der Waals surface area contributed by atoms with Crippen LogP contribution in [0.25, 0.3) is 0 Å². The van der Waals surface area contributed by atoms with E-state index in [-0.39, 0.29) is 25.2 Å². The molecule has 0 unspecified atom stereocenters. The number of carboxylic acids is 1. The van der Waals surface area contributed by atoms with Gasteiger partial charge in [-0.2, -0.15) is 0 Å². The zero-order chi connectivity index (χ0) is 39.1. The first-order valence-electron chi connectivity index (χ1n) is 22.7. The Labute approximate surface area is 328 Å². The van der Waals surface area contributed by atoms with Crippen molar-refractivity contribution in [2.24, 2.45) is 0 Å². The molecule has 0 rings (SSSR count). The Morgan fingerprint density at radius 2 is 0.660 bits per heavy atom. The molecule has 0 spiro atoms. The van der Waals surface area contributed by atoms with Crippen LogP contribution < -0.4 is 0 Å². The molecule has 0 aliphatic heterocycles. The highest BCUT2D eigenvalue weighted by molar-refractivity contribution is 5.69. The molecule has 0 aromatic heterocycles. The minimum Gasteiger partial charge on any atom is -0.481 e. The minimum absolute atomic E-state index is 0.145. The fraction of sp³-hybridized carbons (Fsp3) is 0.891. The summed E-state index contributed by atoms with van der Waals surface area (Å²) in [5.41, 5.74) is 0. The van der Waals surface area contributed by atoms with Crippen LogP contribution in [-0.4, -0.2) is 49.4 Å². The van der Waals surface area contributed by atoms with Crippen LogP contribution in [0.5, 0.6) is 0 Å². The molecule has 0 radical (unpaired) electrons. The first-order chi connectivity index (χ1) is 26.0. The van der Waals surface area contributed by atoms with E-state index in [2.05, 4.69) is 32.9 Å². The van der Waals surface area contributed by atoms with Crippen LogP contribution in [0, 0.1) is 0 Å². The van der Waals surface area contributed by atoms with E-state index < -0.39 is 5.97 Å². The highest BCUT2D eigenvalue weighted by Crippen LogP contribution is 2.13. The van der Waals surface area contributed by atoms with Crippen molar-refractivity contribution < 1.29 is 33.7 Å². The maximum Gasteiger partial charge on any atom is 0.305 e. The van der Waals surface area contributed by atoms with Crippen molar-refractivity contribution in [1.29, 1.82) is 0 Å². The molecular weight excluding hydrogens is 664 g/mol. The first-order valence-corrected chi connectivity index (χ1v) is 22.7. The number of carbonyl (C=O) groups is 3. The maximum atomic E-state index is 11.7. The number of rotatable bonds is 41. The van der Waals surface area contributed by atoms with Gasteiger partial charge in [-0.1, -0.05) is 187 Å². The van der Waals surface area contributed by atoms with Crippen LogP contribution in [0.1, 0.15) is 239 Å². The Hall–Kier alpha value is -1.89. The maximum absolute atomic E-state index is 11.7. The van der Waals surface area contributed by atoms with Crippen LogP contribution in [0.4, 0.5) is 0 Å². The minimum atomic E-state index is -0.664. The number of unbranched alkanes of at least 4 members (excludes halogenated alkanes) is 27. The second-order valence-electron chi connectivity index (χ2n) is 14.9. The largest absolute Gasteiger partial charge is 0.481 e. The molecule has 53 heavy (non-hydrogen) atoms. The van der Waals surface area contributed by atoms with Crippen molar-refractivity contribution in [3.63, 3.8) is 0 Å². The lowest BCUT2D eigenvalue weighted by Gasteiger charge is -2.07. The van der Waals surface area contributed by atoms with E-state index in [1.54, 1.807) is 0 Å². The van der Waals surface area contributed by atoms with Crippen molar-refractivity contribution in [3.8, 4) is 0 Å². The van der Waals surface area contributed by atoms with E-state index in [4.69, 9.17) is 19.3 Å². The topological polar surface area (TPSA) is 99.1 Å². The normalized spacial score (nSPS) is 11.1. The summed E-state index contributed by atoms with van der Waals surface area (Å²) in [6, 6.07) is 0. The lowest BCUT2D eigenvalue weighted by Crippen LogP contribution is -2.14. The molecule has 0 aliphatic carbocycles. The van der Waals surface area contributed by atoms with Gasteiger partial charge >= 0.3 is 17.9 Å². The van der Waals surface area contributed by atoms with E-state index in [0.29, 0.717) is 32.5 Å². The van der Waals surface area contributed by atoms with Crippen molar-refractivity contribution in [2.45, 2.75) is 239 Å². The number of carboxylic acid groups (broad SMARTS) is 1. The Morgan fingerprint density at radius 3 is 0.981 bits per heavy atom. The molecule has 0 saturated carbocycles. The van der Waals surface area contributed by atoms with Gasteiger partial charge in [0.2, 0.25) is 0 Å². The van der Waals surface area contributed by atoms with Crippen LogP contribution in [0.3, 0.4) is 0 Å². The molecule has 0 heterocycles. The van der Waals surface area contributed by atoms with Gasteiger partial charge < -0.3 is 19.3 Å². The third kappa shape index (κ3) is 52.3. The Balaban J connectivity index is 0. The van der Waals surface area contributed by atoms with E-state index in [9.17, 15) is 14.4 Å². The SMILES string of the molecule is CCCCCCCC/C=C\CCCCCCCC(=O)O.CCCCCCCCCCCC(=O)OCCOCCOC(=O)CCCCCCCCCCC. The smallest absolute Gasteiger partial charge is 0.305 e. The summed E-state index contributed by atoms with van der Waals surface area (Å²) >= 11 is 0. The van der Waals surface area contributed by atoms with Crippen LogP contribution in [0.2, 0.25) is 0 Å². The van der Waals surface area contributed by atoms with Gasteiger partial charge in [-0.05, 0) is 44.9 Å². The van der Waals surface area contributed by atoms with Gasteiger partial charge in [-0.15, -0.1) is 0 Å². The predicted molar refractivity (Wildman–Crippen MR) is 224 cm³/mol. The summed E-state index contributed by atoms with van der Waals surface area (Å²) in [6.07, 6.45) is 44.5. The third-order valence-corrected chi connectivity index (χ3v) is 9.60. The summed E-state index contributed by atoms with van der Waals surface area (Å²) in [6.45, 7) is 7.96. The molecule has 314 valence electrons. The van der Waals surface area contributed by atoms with Gasteiger partial charge in [-0.3, -0.25) is 14.4 Å². The van der Waals surface area contributed by atoms with Crippen LogP contribution >= 0.6 is 0 Å². The fourth-order valence-electron chi connectivity index (χ4n) is 6.18. The van der Waals surface area contributed by atoms with E-state index in [1.165, 1.54) is 161 Å². The number of allylic oxidation sites excluding steroid dienone is 2. The lowest BCUT2D eigenvalue weighted by molar-refractivity contribution is -0.147. The summed E-state index contributed by atoms with van der Waals surface area (Å²) in [4.78, 5) is 33.7. The molecule has 0 saturated heterocycles. The van der Waals surface area contributed by atoms with Crippen molar-refractivity contribution in [2.75, 3.05) is 26.4 Å². The highest BCUT2D eigenvalue weighted by Gasteiger charge is 2.05. The highest BCUT2D eigenvalue weighted by atomic mass is 16.6. The van der Waals surface area contributed by atoms with E-state index >= 15 is 0 Å². The molecular formula is C46H88O7. The third-order valence-electron chi connectivity index (χ3n) is 9.60.